The minimum absolute atomic E-state index is 0.833. The van der Waals surface area contributed by atoms with Gasteiger partial charge in [0.05, 0.1) is 6.26 Å². The molecule has 88 valence electrons. The van der Waals surface area contributed by atoms with Crippen molar-refractivity contribution in [2.24, 2.45) is 0 Å². The van der Waals surface area contributed by atoms with E-state index in [0.29, 0.717) is 0 Å². The van der Waals surface area contributed by atoms with Gasteiger partial charge in [-0.15, -0.1) is 0 Å². The van der Waals surface area contributed by atoms with E-state index in [-0.39, 0.29) is 0 Å². The Kier molecular flexibility index (Phi) is 6.41. The summed E-state index contributed by atoms with van der Waals surface area (Å²) in [5, 5.41) is 1.16. The molecule has 5 heteroatoms. The number of nitrogens with one attached hydrogen (secondary N) is 1. The number of para-hydroxylation sites is 1. The van der Waals surface area contributed by atoms with Crippen LogP contribution in [0.4, 0.5) is 0 Å². The molecular formula is C12H12NO3P. The molecule has 0 bridgehead atoms. The molecule has 0 saturated heterocycles. The maximum atomic E-state index is 8.46. The van der Waals surface area contributed by atoms with E-state index >= 15 is 0 Å². The van der Waals surface area contributed by atoms with E-state index in [2.05, 4.69) is 4.98 Å². The highest BCUT2D eigenvalue weighted by molar-refractivity contribution is 7.16. The minimum atomic E-state index is -0.833. The van der Waals surface area contributed by atoms with Crippen LogP contribution < -0.4 is 0 Å². The van der Waals surface area contributed by atoms with Crippen molar-refractivity contribution in [3.8, 4) is 0 Å². The number of furan rings is 1. The Bertz CT molecular complexity index is 472. The van der Waals surface area contributed by atoms with Crippen LogP contribution in [0.3, 0.4) is 0 Å². The number of aromatic nitrogens is 1. The first-order valence-corrected chi connectivity index (χ1v) is 5.61. The van der Waals surface area contributed by atoms with Gasteiger partial charge in [-0.25, -0.2) is 4.57 Å². The first-order valence-electron chi connectivity index (χ1n) is 4.85. The molecule has 0 fully saturated rings. The lowest BCUT2D eigenvalue weighted by molar-refractivity contribution is 0.524. The Morgan fingerprint density at radius 2 is 1.71 bits per heavy atom. The molecule has 2 N–H and O–H groups in total. The summed E-state index contributed by atoms with van der Waals surface area (Å²) < 4.78 is 13.6. The first kappa shape index (κ1) is 13.2. The molecule has 0 saturated carbocycles. The lowest BCUT2D eigenvalue weighted by Gasteiger charge is -1.81. The lowest BCUT2D eigenvalue weighted by atomic mass is 10.3. The SMILES string of the molecule is O=PO.c1cc[nH]c1.c1ccc2occc2c1. The van der Waals surface area contributed by atoms with E-state index in [0.717, 1.165) is 11.0 Å². The van der Waals surface area contributed by atoms with Gasteiger partial charge in [0.25, 0.3) is 0 Å². The zero-order chi connectivity index (χ0) is 12.3. The van der Waals surface area contributed by atoms with E-state index in [4.69, 9.17) is 13.9 Å². The third kappa shape index (κ3) is 5.11. The Labute approximate surface area is 100 Å². The molecule has 0 aliphatic heterocycles. The third-order valence-electron chi connectivity index (χ3n) is 1.86. The molecule has 3 rings (SSSR count). The highest BCUT2D eigenvalue weighted by Gasteiger charge is 1.89. The Morgan fingerprint density at radius 3 is 2.24 bits per heavy atom. The number of hydrogen-bond acceptors (Lipinski definition) is 2. The van der Waals surface area contributed by atoms with Crippen LogP contribution >= 0.6 is 8.69 Å². The highest BCUT2D eigenvalue weighted by atomic mass is 31.1. The van der Waals surface area contributed by atoms with Crippen molar-refractivity contribution >= 4 is 19.7 Å². The lowest BCUT2D eigenvalue weighted by Crippen LogP contribution is -1.57. The summed E-state index contributed by atoms with van der Waals surface area (Å²) in [7, 11) is -0.833. The van der Waals surface area contributed by atoms with Crippen molar-refractivity contribution in [2.45, 2.75) is 0 Å². The Balaban J connectivity index is 0.000000154. The van der Waals surface area contributed by atoms with Crippen LogP contribution in [0.1, 0.15) is 0 Å². The van der Waals surface area contributed by atoms with Crippen LogP contribution in [0.2, 0.25) is 0 Å². The van der Waals surface area contributed by atoms with Crippen molar-refractivity contribution in [3.05, 3.63) is 61.1 Å². The van der Waals surface area contributed by atoms with Crippen molar-refractivity contribution in [2.75, 3.05) is 0 Å². The van der Waals surface area contributed by atoms with Crippen molar-refractivity contribution < 1.29 is 13.9 Å². The molecule has 0 amide bonds. The van der Waals surface area contributed by atoms with Gasteiger partial charge in [-0.05, 0) is 24.3 Å². The molecule has 0 aliphatic carbocycles. The van der Waals surface area contributed by atoms with Crippen molar-refractivity contribution in [3.63, 3.8) is 0 Å². The van der Waals surface area contributed by atoms with E-state index < -0.39 is 8.69 Å². The molecule has 4 nitrogen and oxygen atoms in total. The molecule has 0 unspecified atom stereocenters. The summed E-state index contributed by atoms with van der Waals surface area (Å²) in [4.78, 5) is 9.85. The summed E-state index contributed by atoms with van der Waals surface area (Å²) in [6.07, 6.45) is 5.45. The van der Waals surface area contributed by atoms with Crippen LogP contribution in [0, 0.1) is 0 Å². The van der Waals surface area contributed by atoms with Gasteiger partial charge in [0.2, 0.25) is 0 Å². The van der Waals surface area contributed by atoms with Crippen LogP contribution in [-0.4, -0.2) is 9.88 Å². The smallest absolute Gasteiger partial charge is 0.324 e. The monoisotopic (exact) mass is 249 g/mol. The number of hydrogen-bond donors (Lipinski definition) is 2. The summed E-state index contributed by atoms with van der Waals surface area (Å²) in [6.45, 7) is 0. The van der Waals surface area contributed by atoms with Crippen molar-refractivity contribution in [1.29, 1.82) is 0 Å². The molecule has 0 atom stereocenters. The predicted octanol–water partition coefficient (Wildman–Crippen LogP) is 3.63. The average Bonchev–Trinajstić information content (AvgIpc) is 3.05. The third-order valence-corrected chi connectivity index (χ3v) is 1.86. The van der Waals surface area contributed by atoms with Gasteiger partial charge < -0.3 is 14.3 Å². The van der Waals surface area contributed by atoms with Gasteiger partial charge >= 0.3 is 8.69 Å². The average molecular weight is 249 g/mol. The van der Waals surface area contributed by atoms with E-state index in [1.165, 1.54) is 0 Å². The standard InChI is InChI=1S/C8H6O.C4H5N.HO2P/c1-2-4-8-7(3-1)5-6-9-8;1-2-4-5-3-1;1-3-2/h1-6H;1-5H;(H,1,2). The summed E-state index contributed by atoms with van der Waals surface area (Å²) >= 11 is 0. The van der Waals surface area contributed by atoms with Gasteiger partial charge in [0, 0.05) is 17.8 Å². The molecule has 1 aromatic carbocycles. The first-order chi connectivity index (χ1) is 8.38. The normalized spacial score (nSPS) is 9.00. The second-order valence-corrected chi connectivity index (χ2v) is 3.09. The van der Waals surface area contributed by atoms with Gasteiger partial charge in [-0.2, -0.15) is 0 Å². The highest BCUT2D eigenvalue weighted by Crippen LogP contribution is 2.12. The van der Waals surface area contributed by atoms with Gasteiger partial charge in [-0.3, -0.25) is 0 Å². The topological polar surface area (TPSA) is 66.2 Å². The Hall–Kier alpha value is -1.90. The fourth-order valence-corrected chi connectivity index (χ4v) is 1.18. The molecule has 2 aromatic heterocycles. The molecule has 17 heavy (non-hydrogen) atoms. The van der Waals surface area contributed by atoms with Gasteiger partial charge in [0.1, 0.15) is 5.58 Å². The van der Waals surface area contributed by atoms with Gasteiger partial charge in [-0.1, -0.05) is 18.2 Å². The molecule has 0 aliphatic rings. The summed E-state index contributed by atoms with van der Waals surface area (Å²) in [5.74, 6) is 0. The minimum Gasteiger partial charge on any atom is -0.464 e. The molecule has 0 radical (unpaired) electrons. The number of fused-ring (bicyclic) bond motifs is 1. The summed E-state index contributed by atoms with van der Waals surface area (Å²) in [6, 6.07) is 13.8. The van der Waals surface area contributed by atoms with E-state index in [1.54, 1.807) is 6.26 Å². The second-order valence-electron chi connectivity index (χ2n) is 2.92. The van der Waals surface area contributed by atoms with E-state index in [1.807, 2.05) is 54.9 Å². The second kappa shape index (κ2) is 8.28. The molecule has 0 spiro atoms. The number of rotatable bonds is 0. The predicted molar refractivity (Wildman–Crippen MR) is 66.8 cm³/mol. The number of aromatic amines is 1. The van der Waals surface area contributed by atoms with Gasteiger partial charge in [0.15, 0.2) is 0 Å². The Morgan fingerprint density at radius 1 is 1.06 bits per heavy atom. The maximum absolute atomic E-state index is 8.46. The molecule has 2 heterocycles. The zero-order valence-electron chi connectivity index (χ0n) is 8.98. The number of benzene rings is 1. The zero-order valence-corrected chi connectivity index (χ0v) is 9.88. The van der Waals surface area contributed by atoms with Crippen LogP contribution in [0.15, 0.2) is 65.5 Å². The fourth-order valence-electron chi connectivity index (χ4n) is 1.18. The molecular weight excluding hydrogens is 237 g/mol. The number of H-pyrrole nitrogens is 1. The molecule has 3 aromatic rings. The maximum Gasteiger partial charge on any atom is 0.324 e. The van der Waals surface area contributed by atoms with Crippen LogP contribution in [0.25, 0.3) is 11.0 Å². The summed E-state index contributed by atoms with van der Waals surface area (Å²) in [5.41, 5.74) is 0.956. The van der Waals surface area contributed by atoms with Crippen molar-refractivity contribution in [1.82, 2.24) is 4.98 Å². The quantitative estimate of drug-likeness (QED) is 0.598. The fraction of sp³-hybridized carbons (Fsp3) is 0. The largest absolute Gasteiger partial charge is 0.464 e. The van der Waals surface area contributed by atoms with E-state index in [9.17, 15) is 0 Å². The van der Waals surface area contributed by atoms with Crippen LogP contribution in [0.5, 0.6) is 0 Å². The van der Waals surface area contributed by atoms with Crippen LogP contribution in [-0.2, 0) is 4.57 Å².